The van der Waals surface area contributed by atoms with Crippen molar-refractivity contribution >= 4 is 28.9 Å². The van der Waals surface area contributed by atoms with Crippen LogP contribution in [0.2, 0.25) is 0 Å². The molecule has 1 N–H and O–H groups in total. The summed E-state index contributed by atoms with van der Waals surface area (Å²) in [7, 11) is 0. The van der Waals surface area contributed by atoms with Crippen molar-refractivity contribution in [2.75, 3.05) is 54.4 Å². The number of hydrogen-bond acceptors (Lipinski definition) is 5. The minimum atomic E-state index is -0.432. The van der Waals surface area contributed by atoms with Crippen LogP contribution in [0.15, 0.2) is 89.7 Å². The van der Waals surface area contributed by atoms with Gasteiger partial charge in [-0.2, -0.15) is 0 Å². The molecule has 230 valence electrons. The van der Waals surface area contributed by atoms with Crippen LogP contribution in [0.4, 0.5) is 25.8 Å². The molecule has 0 aliphatic carbocycles. The first-order chi connectivity index (χ1) is 21.8. The lowest BCUT2D eigenvalue weighted by Gasteiger charge is -2.44. The highest BCUT2D eigenvalue weighted by Gasteiger charge is 2.35. The Balaban J connectivity index is 1.15. The first-order valence-corrected chi connectivity index (χ1v) is 15.3. The zero-order valence-electron chi connectivity index (χ0n) is 24.7. The third-order valence-corrected chi connectivity index (χ3v) is 9.18. The second-order valence-corrected chi connectivity index (χ2v) is 12.1. The average molecular weight is 610 g/mol. The molecule has 2 amide bonds. The number of piperidine rings is 1. The number of carbonyl (C=O) groups excluding carboxylic acids is 2. The molecule has 0 radical (unpaired) electrons. The predicted octanol–water partition coefficient (Wildman–Crippen LogP) is 4.96. The lowest BCUT2D eigenvalue weighted by atomic mass is 9.83. The molecule has 1 aromatic heterocycles. The molecule has 4 heterocycles. The van der Waals surface area contributed by atoms with Gasteiger partial charge in [0.1, 0.15) is 11.6 Å². The molecule has 0 spiro atoms. The van der Waals surface area contributed by atoms with Crippen molar-refractivity contribution in [3.63, 3.8) is 0 Å². The van der Waals surface area contributed by atoms with E-state index in [0.717, 1.165) is 23.5 Å². The zero-order chi connectivity index (χ0) is 31.1. The Morgan fingerprint density at radius 2 is 1.42 bits per heavy atom. The third kappa shape index (κ3) is 5.80. The van der Waals surface area contributed by atoms with Crippen molar-refractivity contribution in [2.24, 2.45) is 5.92 Å². The van der Waals surface area contributed by atoms with E-state index in [2.05, 4.69) is 15.1 Å². The third-order valence-electron chi connectivity index (χ3n) is 9.18. The number of anilines is 3. The number of fused-ring (bicyclic) bond motifs is 4. The Kier molecular flexibility index (Phi) is 7.56. The summed E-state index contributed by atoms with van der Waals surface area (Å²) in [5, 5.41) is 3.00. The van der Waals surface area contributed by atoms with Gasteiger partial charge in [0.2, 0.25) is 0 Å². The van der Waals surface area contributed by atoms with Gasteiger partial charge in [-0.05, 0) is 85.1 Å². The topological polar surface area (TPSA) is 77.9 Å². The Morgan fingerprint density at radius 1 is 0.733 bits per heavy atom. The van der Waals surface area contributed by atoms with Gasteiger partial charge in [-0.3, -0.25) is 14.4 Å². The number of aromatic nitrogens is 1. The molecule has 3 aliphatic rings. The predicted molar refractivity (Wildman–Crippen MR) is 169 cm³/mol. The molecule has 2 unspecified atom stereocenters. The molecule has 2 atom stereocenters. The Bertz CT molecular complexity index is 1800. The lowest BCUT2D eigenvalue weighted by molar-refractivity contribution is 0.0746. The number of hydrogen-bond donors (Lipinski definition) is 1. The molecule has 10 heteroatoms. The van der Waals surface area contributed by atoms with Gasteiger partial charge < -0.3 is 24.6 Å². The van der Waals surface area contributed by atoms with Gasteiger partial charge >= 0.3 is 0 Å². The maximum Gasteiger partial charge on any atom is 0.255 e. The number of nitrogens with zero attached hydrogens (tertiary/aromatic N) is 4. The van der Waals surface area contributed by atoms with E-state index in [1.54, 1.807) is 35.2 Å². The fourth-order valence-electron chi connectivity index (χ4n) is 6.94. The molecular weight excluding hydrogens is 576 g/mol. The van der Waals surface area contributed by atoms with E-state index in [1.165, 1.54) is 36.4 Å². The van der Waals surface area contributed by atoms with E-state index in [4.69, 9.17) is 0 Å². The molecule has 3 aromatic carbocycles. The molecule has 45 heavy (non-hydrogen) atoms. The van der Waals surface area contributed by atoms with E-state index in [9.17, 15) is 23.2 Å². The van der Waals surface area contributed by atoms with Gasteiger partial charge in [0.25, 0.3) is 17.4 Å². The maximum absolute atomic E-state index is 13.7. The van der Waals surface area contributed by atoms with Crippen LogP contribution >= 0.6 is 0 Å². The van der Waals surface area contributed by atoms with Crippen LogP contribution in [-0.4, -0.2) is 60.5 Å². The van der Waals surface area contributed by atoms with E-state index in [1.807, 2.05) is 22.8 Å². The van der Waals surface area contributed by atoms with Crippen molar-refractivity contribution in [1.82, 2.24) is 9.47 Å². The minimum absolute atomic E-state index is 0.0178. The molecule has 2 fully saturated rings. The van der Waals surface area contributed by atoms with Gasteiger partial charge in [0.15, 0.2) is 0 Å². The highest BCUT2D eigenvalue weighted by Crippen LogP contribution is 2.39. The molecule has 3 aliphatic heterocycles. The number of amides is 2. The highest BCUT2D eigenvalue weighted by atomic mass is 19.1. The average Bonchev–Trinajstić information content (AvgIpc) is 3.05. The van der Waals surface area contributed by atoms with Crippen LogP contribution in [0.1, 0.15) is 38.7 Å². The minimum Gasteiger partial charge on any atom is -0.369 e. The first kappa shape index (κ1) is 28.8. The number of piperazine rings is 1. The van der Waals surface area contributed by atoms with Gasteiger partial charge in [0.05, 0.1) is 11.4 Å². The van der Waals surface area contributed by atoms with Crippen LogP contribution < -0.4 is 20.7 Å². The van der Waals surface area contributed by atoms with Crippen molar-refractivity contribution in [3.8, 4) is 0 Å². The van der Waals surface area contributed by atoms with Crippen LogP contribution in [-0.2, 0) is 6.54 Å². The van der Waals surface area contributed by atoms with Crippen LogP contribution in [0.25, 0.3) is 0 Å². The summed E-state index contributed by atoms with van der Waals surface area (Å²) in [6.07, 6.45) is 0.984. The second-order valence-electron chi connectivity index (χ2n) is 12.1. The van der Waals surface area contributed by atoms with Crippen LogP contribution in [0.3, 0.4) is 0 Å². The van der Waals surface area contributed by atoms with Crippen molar-refractivity contribution in [2.45, 2.75) is 18.9 Å². The molecule has 2 bridgehead atoms. The van der Waals surface area contributed by atoms with E-state index in [-0.39, 0.29) is 29.1 Å². The Labute approximate surface area is 259 Å². The van der Waals surface area contributed by atoms with Gasteiger partial charge in [-0.25, -0.2) is 8.78 Å². The first-order valence-electron chi connectivity index (χ1n) is 15.3. The van der Waals surface area contributed by atoms with E-state index >= 15 is 0 Å². The van der Waals surface area contributed by atoms with Crippen LogP contribution in [0, 0.1) is 17.6 Å². The number of nitrogens with one attached hydrogen (secondary N) is 1. The summed E-state index contributed by atoms with van der Waals surface area (Å²) in [6.45, 7) is 4.25. The van der Waals surface area contributed by atoms with Crippen molar-refractivity contribution in [3.05, 3.63) is 124 Å². The zero-order valence-corrected chi connectivity index (χ0v) is 24.7. The number of halogens is 2. The van der Waals surface area contributed by atoms with Crippen molar-refractivity contribution in [1.29, 1.82) is 0 Å². The summed E-state index contributed by atoms with van der Waals surface area (Å²) >= 11 is 0. The smallest absolute Gasteiger partial charge is 0.255 e. The molecule has 2 saturated heterocycles. The molecule has 7 rings (SSSR count). The highest BCUT2D eigenvalue weighted by molar-refractivity contribution is 6.07. The van der Waals surface area contributed by atoms with E-state index < -0.39 is 11.7 Å². The Hall–Kier alpha value is -4.99. The number of rotatable bonds is 5. The molecule has 0 saturated carbocycles. The summed E-state index contributed by atoms with van der Waals surface area (Å²) in [5.74, 6) is -0.837. The summed E-state index contributed by atoms with van der Waals surface area (Å²) < 4.78 is 28.8. The molecular formula is C35H33F2N5O3. The SMILES string of the molecule is O=C(Nc1cc(C(=O)N2CCN(c3ccc(F)cc3)CC2)ccc1N1CC2CC(C1)c1cccc(=O)n1C2)c1ccc(F)cc1. The summed E-state index contributed by atoms with van der Waals surface area (Å²) in [6, 6.07) is 22.6. The summed E-state index contributed by atoms with van der Waals surface area (Å²) in [4.78, 5) is 45.7. The van der Waals surface area contributed by atoms with E-state index in [0.29, 0.717) is 62.6 Å². The lowest BCUT2D eigenvalue weighted by Crippen LogP contribution is -2.49. The quantitative estimate of drug-likeness (QED) is 0.346. The van der Waals surface area contributed by atoms with Crippen molar-refractivity contribution < 1.29 is 18.4 Å². The maximum atomic E-state index is 13.7. The second kappa shape index (κ2) is 11.8. The fourth-order valence-corrected chi connectivity index (χ4v) is 6.94. The largest absolute Gasteiger partial charge is 0.369 e. The Morgan fingerprint density at radius 3 is 2.16 bits per heavy atom. The molecule has 4 aromatic rings. The van der Waals surface area contributed by atoms with Gasteiger partial charge in [0, 0.05) is 80.3 Å². The number of benzene rings is 3. The molecule has 8 nitrogen and oxygen atoms in total. The fraction of sp³-hybridized carbons (Fsp3) is 0.286. The summed E-state index contributed by atoms with van der Waals surface area (Å²) in [5.41, 5.74) is 4.01. The number of pyridine rings is 1. The standard InChI is InChI=1S/C35H33F2N5O3/c36-27-7-4-24(5-8-27)34(44)38-30-19-25(35(45)40-16-14-39(15-17-40)29-11-9-28(37)10-12-29)6-13-32(30)41-20-23-18-26(22-41)31-2-1-3-33(43)42(31)21-23/h1-13,19,23,26H,14-18,20-22H2,(H,38,44). The normalized spacial score (nSPS) is 19.2. The number of carbonyl (C=O) groups is 2. The van der Waals surface area contributed by atoms with Gasteiger partial charge in [-0.15, -0.1) is 0 Å². The monoisotopic (exact) mass is 609 g/mol. The van der Waals surface area contributed by atoms with Crippen LogP contribution in [0.5, 0.6) is 0 Å². The van der Waals surface area contributed by atoms with Gasteiger partial charge in [-0.1, -0.05) is 6.07 Å².